The Morgan fingerprint density at radius 1 is 1.40 bits per heavy atom. The Balaban J connectivity index is 2.05. The molecule has 2 saturated carbocycles. The Morgan fingerprint density at radius 2 is 2.10 bits per heavy atom. The highest BCUT2D eigenvalue weighted by Crippen LogP contribution is 2.57. The molecular weight excluding hydrogens is 132 g/mol. The maximum atomic E-state index is 10.4. The van der Waals surface area contributed by atoms with E-state index in [9.17, 15) is 9.90 Å². The van der Waals surface area contributed by atoms with Crippen LogP contribution in [0.1, 0.15) is 12.8 Å². The van der Waals surface area contributed by atoms with Gasteiger partial charge in [-0.1, -0.05) is 0 Å². The quantitative estimate of drug-likeness (QED) is 0.545. The average Bonchev–Trinajstić information content (AvgIpc) is 2.48. The van der Waals surface area contributed by atoms with E-state index in [2.05, 4.69) is 0 Å². The second kappa shape index (κ2) is 1.72. The van der Waals surface area contributed by atoms with E-state index in [-0.39, 0.29) is 17.9 Å². The number of aliphatic carboxylic acids is 1. The summed E-state index contributed by atoms with van der Waals surface area (Å²) in [5.41, 5.74) is 0. The van der Waals surface area contributed by atoms with Gasteiger partial charge in [0.05, 0.1) is 12.0 Å². The van der Waals surface area contributed by atoms with Gasteiger partial charge in [-0.3, -0.25) is 4.79 Å². The van der Waals surface area contributed by atoms with Crippen LogP contribution in [0, 0.1) is 17.8 Å². The lowest BCUT2D eigenvalue weighted by atomic mass is 10.1. The molecule has 4 atom stereocenters. The third-order valence-electron chi connectivity index (χ3n) is 2.75. The van der Waals surface area contributed by atoms with E-state index in [1.807, 2.05) is 0 Å². The molecule has 2 rings (SSSR count). The molecule has 0 amide bonds. The average molecular weight is 142 g/mol. The Bertz CT molecular complexity index is 178. The lowest BCUT2D eigenvalue weighted by molar-refractivity contribution is -0.139. The molecule has 3 heteroatoms. The van der Waals surface area contributed by atoms with Crippen molar-refractivity contribution in [1.82, 2.24) is 0 Å². The lowest BCUT2D eigenvalue weighted by Gasteiger charge is -2.02. The van der Waals surface area contributed by atoms with Crippen molar-refractivity contribution in [2.24, 2.45) is 17.8 Å². The summed E-state index contributed by atoms with van der Waals surface area (Å²) in [5, 5.41) is 17.8. The third-order valence-corrected chi connectivity index (χ3v) is 2.75. The first-order valence-electron chi connectivity index (χ1n) is 3.62. The van der Waals surface area contributed by atoms with Crippen molar-refractivity contribution < 1.29 is 15.0 Å². The second-order valence-electron chi connectivity index (χ2n) is 3.25. The van der Waals surface area contributed by atoms with Crippen LogP contribution in [0.5, 0.6) is 0 Å². The van der Waals surface area contributed by atoms with Crippen LogP contribution in [-0.2, 0) is 4.79 Å². The fourth-order valence-electron chi connectivity index (χ4n) is 2.20. The molecule has 56 valence electrons. The molecular formula is C7H10O3. The molecule has 0 bridgehead atoms. The molecule has 0 aromatic rings. The van der Waals surface area contributed by atoms with E-state index in [1.165, 1.54) is 0 Å². The summed E-state index contributed by atoms with van der Waals surface area (Å²) >= 11 is 0. The topological polar surface area (TPSA) is 57.5 Å². The van der Waals surface area contributed by atoms with E-state index in [4.69, 9.17) is 5.11 Å². The summed E-state index contributed by atoms with van der Waals surface area (Å²) in [6.07, 6.45) is 1.38. The molecule has 2 aliphatic carbocycles. The standard InChI is InChI=1S/C7H10O3/c8-4-2-1-3-5(4)6(3)7(9)10/h3-6,8H,1-2H2,(H,9,10)/t3-,4?,5-,6+/m1/s1. The van der Waals surface area contributed by atoms with Gasteiger partial charge in [-0.2, -0.15) is 0 Å². The molecule has 0 aromatic carbocycles. The fourth-order valence-corrected chi connectivity index (χ4v) is 2.20. The third kappa shape index (κ3) is 0.611. The van der Waals surface area contributed by atoms with E-state index in [1.54, 1.807) is 0 Å². The minimum absolute atomic E-state index is 0.0949. The molecule has 3 nitrogen and oxygen atoms in total. The number of hydrogen-bond donors (Lipinski definition) is 2. The molecule has 2 aliphatic rings. The first-order valence-corrected chi connectivity index (χ1v) is 3.62. The van der Waals surface area contributed by atoms with Crippen molar-refractivity contribution in [3.05, 3.63) is 0 Å². The van der Waals surface area contributed by atoms with E-state index >= 15 is 0 Å². The zero-order chi connectivity index (χ0) is 7.30. The minimum atomic E-state index is -0.728. The monoisotopic (exact) mass is 142 g/mol. The van der Waals surface area contributed by atoms with Crippen LogP contribution in [0.15, 0.2) is 0 Å². The Labute approximate surface area is 58.7 Å². The van der Waals surface area contributed by atoms with Gasteiger partial charge in [-0.15, -0.1) is 0 Å². The van der Waals surface area contributed by atoms with E-state index < -0.39 is 5.97 Å². The zero-order valence-corrected chi connectivity index (χ0v) is 5.53. The molecule has 1 unspecified atom stereocenters. The van der Waals surface area contributed by atoms with Crippen LogP contribution in [0.3, 0.4) is 0 Å². The SMILES string of the molecule is O=C(O)[C@H]1[C@@H]2CCC(O)[C@@H]21. The van der Waals surface area contributed by atoms with Crippen LogP contribution in [0.4, 0.5) is 0 Å². The molecule has 0 spiro atoms. The Kier molecular flexibility index (Phi) is 1.06. The van der Waals surface area contributed by atoms with Crippen LogP contribution in [-0.4, -0.2) is 22.3 Å². The summed E-state index contributed by atoms with van der Waals surface area (Å²) in [6, 6.07) is 0. The van der Waals surface area contributed by atoms with Gasteiger partial charge in [-0.05, 0) is 18.8 Å². The number of carboxylic acids is 1. The predicted octanol–water partition coefficient (Wildman–Crippen LogP) is 0.0879. The number of carboxylic acid groups (broad SMARTS) is 1. The van der Waals surface area contributed by atoms with Gasteiger partial charge >= 0.3 is 5.97 Å². The van der Waals surface area contributed by atoms with Crippen LogP contribution in [0.2, 0.25) is 0 Å². The predicted molar refractivity (Wildman–Crippen MR) is 33.3 cm³/mol. The zero-order valence-electron chi connectivity index (χ0n) is 5.53. The fraction of sp³-hybridized carbons (Fsp3) is 0.857. The molecule has 0 saturated heterocycles. The Hall–Kier alpha value is -0.570. The minimum Gasteiger partial charge on any atom is -0.481 e. The summed E-state index contributed by atoms with van der Waals surface area (Å²) in [5.74, 6) is -0.553. The second-order valence-corrected chi connectivity index (χ2v) is 3.25. The van der Waals surface area contributed by atoms with E-state index in [0.29, 0.717) is 5.92 Å². The summed E-state index contributed by atoms with van der Waals surface area (Å²) in [7, 11) is 0. The van der Waals surface area contributed by atoms with Crippen LogP contribution >= 0.6 is 0 Å². The van der Waals surface area contributed by atoms with Crippen molar-refractivity contribution in [3.8, 4) is 0 Å². The number of rotatable bonds is 1. The van der Waals surface area contributed by atoms with Gasteiger partial charge in [-0.25, -0.2) is 0 Å². The van der Waals surface area contributed by atoms with Gasteiger partial charge in [0.15, 0.2) is 0 Å². The van der Waals surface area contributed by atoms with Crippen molar-refractivity contribution in [2.75, 3.05) is 0 Å². The largest absolute Gasteiger partial charge is 0.481 e. The van der Waals surface area contributed by atoms with Crippen molar-refractivity contribution in [3.63, 3.8) is 0 Å². The van der Waals surface area contributed by atoms with E-state index in [0.717, 1.165) is 12.8 Å². The number of aliphatic hydroxyl groups is 1. The van der Waals surface area contributed by atoms with Gasteiger partial charge in [0.1, 0.15) is 0 Å². The number of hydrogen-bond acceptors (Lipinski definition) is 2. The van der Waals surface area contributed by atoms with Gasteiger partial charge < -0.3 is 10.2 Å². The number of carbonyl (C=O) groups is 1. The number of fused-ring (bicyclic) bond motifs is 1. The molecule has 0 heterocycles. The molecule has 2 fully saturated rings. The first kappa shape index (κ1) is 6.16. The lowest BCUT2D eigenvalue weighted by Crippen LogP contribution is -2.12. The highest BCUT2D eigenvalue weighted by molar-refractivity contribution is 5.74. The van der Waals surface area contributed by atoms with Crippen LogP contribution < -0.4 is 0 Å². The Morgan fingerprint density at radius 3 is 2.40 bits per heavy atom. The van der Waals surface area contributed by atoms with Crippen LogP contribution in [0.25, 0.3) is 0 Å². The highest BCUT2D eigenvalue weighted by atomic mass is 16.4. The van der Waals surface area contributed by atoms with Crippen molar-refractivity contribution >= 4 is 5.97 Å². The molecule has 2 N–H and O–H groups in total. The maximum Gasteiger partial charge on any atom is 0.307 e. The summed E-state index contributed by atoms with van der Waals surface area (Å²) < 4.78 is 0. The molecule has 0 aromatic heterocycles. The molecule has 0 aliphatic heterocycles. The van der Waals surface area contributed by atoms with Gasteiger partial charge in [0, 0.05) is 5.92 Å². The maximum absolute atomic E-state index is 10.4. The normalized spacial score (nSPS) is 50.5. The van der Waals surface area contributed by atoms with Gasteiger partial charge in [0.25, 0.3) is 0 Å². The first-order chi connectivity index (χ1) is 4.72. The number of aliphatic hydroxyl groups excluding tert-OH is 1. The highest BCUT2D eigenvalue weighted by Gasteiger charge is 2.61. The smallest absolute Gasteiger partial charge is 0.307 e. The van der Waals surface area contributed by atoms with Gasteiger partial charge in [0.2, 0.25) is 0 Å². The molecule has 0 radical (unpaired) electrons. The van der Waals surface area contributed by atoms with Crippen molar-refractivity contribution in [1.29, 1.82) is 0 Å². The summed E-state index contributed by atoms with van der Waals surface area (Å²) in [6.45, 7) is 0. The summed E-state index contributed by atoms with van der Waals surface area (Å²) in [4.78, 5) is 10.4. The van der Waals surface area contributed by atoms with Crippen molar-refractivity contribution in [2.45, 2.75) is 18.9 Å². The molecule has 10 heavy (non-hydrogen) atoms.